The molecule has 1 heterocycles. The molecule has 0 saturated carbocycles. The molecule has 0 aliphatic heterocycles. The van der Waals surface area contributed by atoms with Gasteiger partial charge in [-0.1, -0.05) is 23.2 Å². The number of hydrogen-bond donors (Lipinski definition) is 1. The maximum atomic E-state index is 6.13. The Kier molecular flexibility index (Phi) is 3.86. The van der Waals surface area contributed by atoms with E-state index in [1.165, 1.54) is 5.56 Å². The summed E-state index contributed by atoms with van der Waals surface area (Å²) < 4.78 is 11.4. The van der Waals surface area contributed by atoms with Gasteiger partial charge in [-0.3, -0.25) is 0 Å². The first-order chi connectivity index (χ1) is 10.1. The van der Waals surface area contributed by atoms with Gasteiger partial charge in [0, 0.05) is 10.4 Å². The van der Waals surface area contributed by atoms with Crippen molar-refractivity contribution in [2.45, 2.75) is 13.0 Å². The van der Waals surface area contributed by atoms with Crippen molar-refractivity contribution in [1.82, 2.24) is 0 Å². The lowest BCUT2D eigenvalue weighted by atomic mass is 10.1. The summed E-state index contributed by atoms with van der Waals surface area (Å²) in [4.78, 5) is 0. The molecule has 0 amide bonds. The maximum Gasteiger partial charge on any atom is 0.134 e. The monoisotopic (exact) mass is 301 g/mol. The molecule has 1 aromatic heterocycles. The third-order valence-electron chi connectivity index (χ3n) is 3.30. The molecule has 0 bridgehead atoms. The average Bonchev–Trinajstić information content (AvgIpc) is 2.89. The van der Waals surface area contributed by atoms with Gasteiger partial charge in [-0.05, 0) is 49.4 Å². The second-order valence-corrected chi connectivity index (χ2v) is 5.50. The Balaban J connectivity index is 1.71. The summed E-state index contributed by atoms with van der Waals surface area (Å²) in [6, 6.07) is 14.9. The van der Waals surface area contributed by atoms with E-state index in [2.05, 4.69) is 13.0 Å². The Hall–Kier alpha value is -1.97. The molecular weight excluding hydrogens is 286 g/mol. The Morgan fingerprint density at radius 1 is 1.14 bits per heavy atom. The van der Waals surface area contributed by atoms with Crippen LogP contribution in [-0.4, -0.2) is 6.61 Å². The number of ether oxygens (including phenoxy) is 1. The van der Waals surface area contributed by atoms with Gasteiger partial charge in [0.25, 0.3) is 0 Å². The number of nitrogens with two attached hydrogens (primary N) is 1. The molecule has 1 atom stereocenters. The summed E-state index contributed by atoms with van der Waals surface area (Å²) >= 11 is 5.83. The Bertz CT molecular complexity index is 749. The molecule has 108 valence electrons. The molecule has 4 heteroatoms. The maximum absolute atomic E-state index is 6.13. The summed E-state index contributed by atoms with van der Waals surface area (Å²) in [5, 5.41) is 1.74. The summed E-state index contributed by atoms with van der Waals surface area (Å²) in [7, 11) is 0. The van der Waals surface area contributed by atoms with Crippen LogP contribution in [0.2, 0.25) is 5.02 Å². The highest BCUT2D eigenvalue weighted by molar-refractivity contribution is 6.30. The fourth-order valence-electron chi connectivity index (χ4n) is 2.17. The number of aryl methyl sites for hydroxylation is 1. The first-order valence-corrected chi connectivity index (χ1v) is 7.14. The molecular formula is C17H16ClNO2. The lowest BCUT2D eigenvalue weighted by Crippen LogP contribution is -2.18. The number of hydrogen-bond acceptors (Lipinski definition) is 3. The third kappa shape index (κ3) is 3.20. The van der Waals surface area contributed by atoms with Gasteiger partial charge in [-0.15, -0.1) is 0 Å². The summed E-state index contributed by atoms with van der Waals surface area (Å²) in [6.45, 7) is 2.40. The lowest BCUT2D eigenvalue weighted by molar-refractivity contribution is 0.275. The molecule has 21 heavy (non-hydrogen) atoms. The van der Waals surface area contributed by atoms with Crippen molar-refractivity contribution in [3.05, 3.63) is 64.9 Å². The van der Waals surface area contributed by atoms with E-state index in [0.717, 1.165) is 22.5 Å². The third-order valence-corrected chi connectivity index (χ3v) is 3.55. The van der Waals surface area contributed by atoms with Crippen molar-refractivity contribution in [2.75, 3.05) is 6.61 Å². The molecule has 0 spiro atoms. The van der Waals surface area contributed by atoms with Crippen LogP contribution in [0.4, 0.5) is 0 Å². The fourth-order valence-corrected chi connectivity index (χ4v) is 2.29. The number of fused-ring (bicyclic) bond motifs is 1. The number of rotatable bonds is 4. The van der Waals surface area contributed by atoms with Crippen LogP contribution < -0.4 is 10.5 Å². The van der Waals surface area contributed by atoms with Crippen LogP contribution in [0.5, 0.6) is 5.75 Å². The van der Waals surface area contributed by atoms with Gasteiger partial charge >= 0.3 is 0 Å². The Morgan fingerprint density at radius 3 is 2.67 bits per heavy atom. The zero-order chi connectivity index (χ0) is 14.8. The summed E-state index contributed by atoms with van der Waals surface area (Å²) in [6.07, 6.45) is 0. The molecule has 0 fully saturated rings. The second kappa shape index (κ2) is 5.80. The van der Waals surface area contributed by atoms with E-state index >= 15 is 0 Å². The van der Waals surface area contributed by atoms with Crippen molar-refractivity contribution in [1.29, 1.82) is 0 Å². The molecule has 0 aliphatic rings. The highest BCUT2D eigenvalue weighted by Crippen LogP contribution is 2.24. The van der Waals surface area contributed by atoms with E-state index in [1.54, 1.807) is 12.1 Å². The zero-order valence-electron chi connectivity index (χ0n) is 11.7. The zero-order valence-corrected chi connectivity index (χ0v) is 12.4. The minimum absolute atomic E-state index is 0.312. The van der Waals surface area contributed by atoms with E-state index in [-0.39, 0.29) is 6.04 Å². The minimum Gasteiger partial charge on any atom is -0.491 e. The van der Waals surface area contributed by atoms with E-state index in [9.17, 15) is 0 Å². The summed E-state index contributed by atoms with van der Waals surface area (Å²) in [5.41, 5.74) is 8.17. The SMILES string of the molecule is Cc1ccc2oc(C(N)COc3ccc(Cl)cc3)cc2c1. The highest BCUT2D eigenvalue weighted by atomic mass is 35.5. The van der Waals surface area contributed by atoms with Crippen LogP contribution >= 0.6 is 11.6 Å². The van der Waals surface area contributed by atoms with Gasteiger partial charge < -0.3 is 14.9 Å². The van der Waals surface area contributed by atoms with Crippen LogP contribution in [0.25, 0.3) is 11.0 Å². The van der Waals surface area contributed by atoms with Crippen molar-refractivity contribution >= 4 is 22.6 Å². The van der Waals surface area contributed by atoms with Crippen LogP contribution in [0.15, 0.2) is 52.9 Å². The van der Waals surface area contributed by atoms with Gasteiger partial charge in [0.15, 0.2) is 0 Å². The molecule has 3 rings (SSSR count). The Labute approximate surface area is 128 Å². The normalized spacial score (nSPS) is 12.5. The quantitative estimate of drug-likeness (QED) is 0.773. The second-order valence-electron chi connectivity index (χ2n) is 5.06. The summed E-state index contributed by atoms with van der Waals surface area (Å²) in [5.74, 6) is 1.46. The molecule has 0 saturated heterocycles. The number of benzene rings is 2. The topological polar surface area (TPSA) is 48.4 Å². The predicted molar refractivity (Wildman–Crippen MR) is 84.8 cm³/mol. The van der Waals surface area contributed by atoms with Gasteiger partial charge in [0.05, 0.1) is 6.04 Å². The van der Waals surface area contributed by atoms with Crippen molar-refractivity contribution in [2.24, 2.45) is 5.73 Å². The van der Waals surface area contributed by atoms with E-state index in [0.29, 0.717) is 11.6 Å². The smallest absolute Gasteiger partial charge is 0.134 e. The Morgan fingerprint density at radius 2 is 1.90 bits per heavy atom. The average molecular weight is 302 g/mol. The van der Waals surface area contributed by atoms with Crippen LogP contribution in [0.1, 0.15) is 17.4 Å². The van der Waals surface area contributed by atoms with Gasteiger partial charge in [-0.25, -0.2) is 0 Å². The van der Waals surface area contributed by atoms with E-state index < -0.39 is 0 Å². The standard InChI is InChI=1S/C17H16ClNO2/c1-11-2-7-16-12(8-11)9-17(21-16)15(19)10-20-14-5-3-13(18)4-6-14/h2-9,15H,10,19H2,1H3. The van der Waals surface area contributed by atoms with Crippen LogP contribution in [0.3, 0.4) is 0 Å². The van der Waals surface area contributed by atoms with Gasteiger partial charge in [-0.2, -0.15) is 0 Å². The molecule has 2 N–H and O–H groups in total. The van der Waals surface area contributed by atoms with Crippen molar-refractivity contribution < 1.29 is 9.15 Å². The molecule has 3 aromatic rings. The van der Waals surface area contributed by atoms with E-state index in [1.807, 2.05) is 30.3 Å². The van der Waals surface area contributed by atoms with Crippen molar-refractivity contribution in [3.63, 3.8) is 0 Å². The van der Waals surface area contributed by atoms with E-state index in [4.69, 9.17) is 26.5 Å². The first kappa shape index (κ1) is 14.0. The number of furan rings is 1. The predicted octanol–water partition coefficient (Wildman–Crippen LogP) is 4.47. The molecule has 2 aromatic carbocycles. The van der Waals surface area contributed by atoms with Gasteiger partial charge in [0.2, 0.25) is 0 Å². The first-order valence-electron chi connectivity index (χ1n) is 6.76. The van der Waals surface area contributed by atoms with Gasteiger partial charge in [0.1, 0.15) is 23.7 Å². The highest BCUT2D eigenvalue weighted by Gasteiger charge is 2.13. The van der Waals surface area contributed by atoms with Crippen LogP contribution in [-0.2, 0) is 0 Å². The minimum atomic E-state index is -0.312. The molecule has 0 aliphatic carbocycles. The largest absolute Gasteiger partial charge is 0.491 e. The number of halogens is 1. The van der Waals surface area contributed by atoms with Crippen LogP contribution in [0, 0.1) is 6.92 Å². The van der Waals surface area contributed by atoms with Crippen molar-refractivity contribution in [3.8, 4) is 5.75 Å². The molecule has 0 radical (unpaired) electrons. The lowest BCUT2D eigenvalue weighted by Gasteiger charge is -2.10. The molecule has 3 nitrogen and oxygen atoms in total. The molecule has 1 unspecified atom stereocenters. The fraction of sp³-hybridized carbons (Fsp3) is 0.176.